The van der Waals surface area contributed by atoms with Crippen molar-refractivity contribution in [3.05, 3.63) is 69.2 Å². The number of hydrogen-bond donors (Lipinski definition) is 0. The molecular formula is C17H11BrO2. The Kier molecular flexibility index (Phi) is 2.02. The summed E-state index contributed by atoms with van der Waals surface area (Å²) in [5.41, 5.74) is 4.51. The predicted molar refractivity (Wildman–Crippen MR) is 77.7 cm³/mol. The Morgan fingerprint density at radius 2 is 1.60 bits per heavy atom. The Balaban J connectivity index is 1.74. The van der Waals surface area contributed by atoms with E-state index in [2.05, 4.69) is 40.2 Å². The number of benzene rings is 2. The van der Waals surface area contributed by atoms with E-state index in [0.29, 0.717) is 0 Å². The number of ether oxygens (including phenoxy) is 1. The zero-order valence-electron chi connectivity index (χ0n) is 10.5. The summed E-state index contributed by atoms with van der Waals surface area (Å²) < 4.78 is 7.10. The number of carbonyl (C=O) groups excluding carboxylic acids is 1. The smallest absolute Gasteiger partial charge is 0.169 e. The van der Waals surface area contributed by atoms with Gasteiger partial charge in [0.2, 0.25) is 0 Å². The Morgan fingerprint density at radius 3 is 2.35 bits per heavy atom. The van der Waals surface area contributed by atoms with Crippen molar-refractivity contribution in [1.82, 2.24) is 0 Å². The maximum absolute atomic E-state index is 12.7. The first kappa shape index (κ1) is 11.2. The van der Waals surface area contributed by atoms with Crippen molar-refractivity contribution in [2.45, 2.75) is 18.1 Å². The molecule has 0 amide bonds. The highest BCUT2D eigenvalue weighted by molar-refractivity contribution is 9.10. The van der Waals surface area contributed by atoms with Crippen molar-refractivity contribution in [1.29, 1.82) is 0 Å². The highest BCUT2D eigenvalue weighted by Gasteiger charge is 2.59. The molecule has 20 heavy (non-hydrogen) atoms. The zero-order chi connectivity index (χ0) is 13.4. The summed E-state index contributed by atoms with van der Waals surface area (Å²) in [6.45, 7) is 0. The molecule has 1 aliphatic carbocycles. The molecule has 2 heterocycles. The molecule has 2 aromatic rings. The van der Waals surface area contributed by atoms with Crippen molar-refractivity contribution in [2.75, 3.05) is 0 Å². The van der Waals surface area contributed by atoms with Gasteiger partial charge in [0.05, 0.1) is 18.1 Å². The topological polar surface area (TPSA) is 26.3 Å². The fourth-order valence-electron chi connectivity index (χ4n) is 4.14. The molecule has 0 N–H and O–H groups in total. The van der Waals surface area contributed by atoms with Gasteiger partial charge >= 0.3 is 0 Å². The molecule has 0 aromatic heterocycles. The van der Waals surface area contributed by atoms with Crippen LogP contribution in [-0.4, -0.2) is 5.78 Å². The molecule has 3 heteroatoms. The highest BCUT2D eigenvalue weighted by Crippen LogP contribution is 2.64. The van der Waals surface area contributed by atoms with Crippen LogP contribution in [0, 0.1) is 5.92 Å². The van der Waals surface area contributed by atoms with Gasteiger partial charge in [-0.1, -0.05) is 46.3 Å². The van der Waals surface area contributed by atoms with E-state index < -0.39 is 0 Å². The Hall–Kier alpha value is -1.45. The van der Waals surface area contributed by atoms with E-state index >= 15 is 0 Å². The summed E-state index contributed by atoms with van der Waals surface area (Å²) in [5, 5.41) is 0. The van der Waals surface area contributed by atoms with Crippen LogP contribution in [0.15, 0.2) is 46.9 Å². The van der Waals surface area contributed by atoms with E-state index in [4.69, 9.17) is 4.74 Å². The summed E-state index contributed by atoms with van der Waals surface area (Å²) in [5.74, 6) is 0.415. The monoisotopic (exact) mass is 326 g/mol. The first-order valence-electron chi connectivity index (χ1n) is 6.83. The first-order valence-corrected chi connectivity index (χ1v) is 7.63. The molecule has 0 saturated carbocycles. The number of carbonyl (C=O) groups is 1. The van der Waals surface area contributed by atoms with Crippen LogP contribution in [0.5, 0.6) is 0 Å². The lowest BCUT2D eigenvalue weighted by Crippen LogP contribution is -2.20. The average molecular weight is 327 g/mol. The largest absolute Gasteiger partial charge is 0.364 e. The van der Waals surface area contributed by atoms with Crippen molar-refractivity contribution < 1.29 is 9.53 Å². The Labute approximate surface area is 124 Å². The van der Waals surface area contributed by atoms with Crippen LogP contribution in [0.25, 0.3) is 0 Å². The summed E-state index contributed by atoms with van der Waals surface area (Å²) in [7, 11) is 0. The molecule has 98 valence electrons. The SMILES string of the molecule is O=C1c2cc(Br)ccc2[C@H]2[C@@H]1[C@H]1O[C@@H]2c2ccccc21. The van der Waals surface area contributed by atoms with Crippen molar-refractivity contribution in [3.63, 3.8) is 0 Å². The minimum absolute atomic E-state index is 0.0285. The van der Waals surface area contributed by atoms with E-state index in [1.165, 1.54) is 11.1 Å². The van der Waals surface area contributed by atoms with Gasteiger partial charge < -0.3 is 4.74 Å². The molecule has 0 unspecified atom stereocenters. The minimum Gasteiger partial charge on any atom is -0.364 e. The average Bonchev–Trinajstić information content (AvgIpc) is 3.10. The second kappa shape index (κ2) is 3.60. The lowest BCUT2D eigenvalue weighted by Gasteiger charge is -2.22. The standard InChI is InChI=1S/C17H11BrO2/c18-8-5-6-9-12(7-8)15(19)14-13(9)16-10-3-1-2-4-11(10)17(14)20-16/h1-7,13-14,16-17H/t13-,14-,16+,17-/m0/s1. The van der Waals surface area contributed by atoms with Crippen LogP contribution in [0.4, 0.5) is 0 Å². The number of fused-ring (bicyclic) bond motifs is 10. The molecule has 4 atom stereocenters. The molecule has 2 nitrogen and oxygen atoms in total. The first-order chi connectivity index (χ1) is 9.75. The number of hydrogen-bond acceptors (Lipinski definition) is 2. The fourth-order valence-corrected chi connectivity index (χ4v) is 4.50. The van der Waals surface area contributed by atoms with Gasteiger partial charge in [-0.2, -0.15) is 0 Å². The second-order valence-corrected chi connectivity index (χ2v) is 6.67. The second-order valence-electron chi connectivity index (χ2n) is 5.75. The molecular weight excluding hydrogens is 316 g/mol. The van der Waals surface area contributed by atoms with E-state index in [0.717, 1.165) is 15.6 Å². The van der Waals surface area contributed by atoms with Crippen LogP contribution in [0.2, 0.25) is 0 Å². The lowest BCUT2D eigenvalue weighted by atomic mass is 9.76. The van der Waals surface area contributed by atoms with Gasteiger partial charge in [-0.25, -0.2) is 0 Å². The van der Waals surface area contributed by atoms with Crippen molar-refractivity contribution in [2.24, 2.45) is 5.92 Å². The minimum atomic E-state index is -0.0557. The van der Waals surface area contributed by atoms with Crippen LogP contribution < -0.4 is 0 Å². The summed E-state index contributed by atoms with van der Waals surface area (Å²) in [4.78, 5) is 12.7. The maximum Gasteiger partial charge on any atom is 0.169 e. The van der Waals surface area contributed by atoms with Gasteiger partial charge in [0.25, 0.3) is 0 Å². The number of rotatable bonds is 0. The number of Topliss-reactive ketones (excluding diaryl/α,β-unsaturated/α-hetero) is 1. The van der Waals surface area contributed by atoms with Crippen LogP contribution in [0.3, 0.4) is 0 Å². The quantitative estimate of drug-likeness (QED) is 0.726. The summed E-state index contributed by atoms with van der Waals surface area (Å²) in [6.07, 6.45) is -0.00699. The van der Waals surface area contributed by atoms with E-state index in [9.17, 15) is 4.79 Å². The van der Waals surface area contributed by atoms with Gasteiger partial charge in [0, 0.05) is 16.0 Å². The van der Waals surface area contributed by atoms with Gasteiger partial charge in [-0.15, -0.1) is 0 Å². The van der Waals surface area contributed by atoms with Crippen LogP contribution in [0.1, 0.15) is 45.2 Å². The van der Waals surface area contributed by atoms with Gasteiger partial charge in [-0.3, -0.25) is 4.79 Å². The molecule has 3 aliphatic rings. The van der Waals surface area contributed by atoms with Crippen molar-refractivity contribution in [3.8, 4) is 0 Å². The van der Waals surface area contributed by atoms with Crippen molar-refractivity contribution >= 4 is 21.7 Å². The molecule has 2 aliphatic heterocycles. The molecule has 2 aromatic carbocycles. The molecule has 1 fully saturated rings. The van der Waals surface area contributed by atoms with E-state index in [-0.39, 0.29) is 29.8 Å². The Morgan fingerprint density at radius 1 is 0.900 bits per heavy atom. The third-order valence-corrected chi connectivity index (χ3v) is 5.38. The molecule has 5 rings (SSSR count). The number of halogens is 1. The molecule has 1 saturated heterocycles. The molecule has 0 radical (unpaired) electrons. The predicted octanol–water partition coefficient (Wildman–Crippen LogP) is 4.17. The van der Waals surface area contributed by atoms with Crippen LogP contribution >= 0.6 is 15.9 Å². The van der Waals surface area contributed by atoms with Gasteiger partial charge in [0.15, 0.2) is 5.78 Å². The lowest BCUT2D eigenvalue weighted by molar-refractivity contribution is 0.0526. The summed E-state index contributed by atoms with van der Waals surface area (Å²) in [6, 6.07) is 14.4. The van der Waals surface area contributed by atoms with E-state index in [1.54, 1.807) is 0 Å². The maximum atomic E-state index is 12.7. The van der Waals surface area contributed by atoms with Gasteiger partial charge in [-0.05, 0) is 28.8 Å². The van der Waals surface area contributed by atoms with E-state index in [1.807, 2.05) is 18.2 Å². The fraction of sp³-hybridized carbons (Fsp3) is 0.235. The highest BCUT2D eigenvalue weighted by atomic mass is 79.9. The van der Waals surface area contributed by atoms with Crippen LogP contribution in [-0.2, 0) is 4.74 Å². The summed E-state index contributed by atoms with van der Waals surface area (Å²) >= 11 is 3.46. The molecule has 2 bridgehead atoms. The third-order valence-electron chi connectivity index (χ3n) is 4.88. The normalized spacial score (nSPS) is 32.1. The van der Waals surface area contributed by atoms with Gasteiger partial charge in [0.1, 0.15) is 0 Å². The Bertz CT molecular complexity index is 767. The molecule has 0 spiro atoms. The zero-order valence-corrected chi connectivity index (χ0v) is 12.1. The third kappa shape index (κ3) is 1.17. The number of ketones is 1.